The zero-order valence-electron chi connectivity index (χ0n) is 19.4. The van der Waals surface area contributed by atoms with Gasteiger partial charge in [-0.2, -0.15) is 0 Å². The van der Waals surface area contributed by atoms with Crippen molar-refractivity contribution in [3.8, 4) is 0 Å². The summed E-state index contributed by atoms with van der Waals surface area (Å²) in [4.78, 5) is 41.7. The monoisotopic (exact) mass is 468 g/mol. The second-order valence-electron chi connectivity index (χ2n) is 9.93. The van der Waals surface area contributed by atoms with Gasteiger partial charge < -0.3 is 19.5 Å². The summed E-state index contributed by atoms with van der Waals surface area (Å²) in [5, 5.41) is 10.7. The maximum atomic E-state index is 13.3. The van der Waals surface area contributed by atoms with Crippen molar-refractivity contribution < 1.29 is 29.0 Å². The molecule has 2 fully saturated rings. The highest BCUT2D eigenvalue weighted by atomic mass is 16.8. The highest BCUT2D eigenvalue weighted by Gasteiger charge is 2.57. The van der Waals surface area contributed by atoms with Crippen molar-refractivity contribution in [2.24, 2.45) is 11.8 Å². The molecule has 8 nitrogen and oxygen atoms in total. The minimum Gasteiger partial charge on any atom is -0.396 e. The van der Waals surface area contributed by atoms with Crippen LogP contribution in [-0.2, 0) is 25.0 Å². The number of hydrogen-bond acceptors (Lipinski definition) is 7. The number of nitrogens with zero attached hydrogens (tertiary/aromatic N) is 2. The van der Waals surface area contributed by atoms with Gasteiger partial charge in [-0.1, -0.05) is 31.4 Å². The number of amides is 1. The van der Waals surface area contributed by atoms with Crippen molar-refractivity contribution in [3.05, 3.63) is 47.5 Å². The Labute approximate surface area is 199 Å². The molecule has 1 saturated heterocycles. The van der Waals surface area contributed by atoms with Crippen molar-refractivity contribution in [3.63, 3.8) is 0 Å². The third kappa shape index (κ3) is 4.36. The number of β-amino-alcohol motifs (C(OH)–C–C–N with tert-alkyl or cyclic N) is 1. The van der Waals surface area contributed by atoms with Crippen molar-refractivity contribution in [2.75, 3.05) is 26.2 Å². The molecule has 1 N–H and O–H groups in total. The fourth-order valence-corrected chi connectivity index (χ4v) is 5.83. The van der Waals surface area contributed by atoms with Gasteiger partial charge in [0, 0.05) is 25.2 Å². The summed E-state index contributed by atoms with van der Waals surface area (Å²) in [6, 6.07) is 6.79. The first kappa shape index (κ1) is 23.1. The molecule has 1 aromatic rings. The Morgan fingerprint density at radius 3 is 2.26 bits per heavy atom. The van der Waals surface area contributed by atoms with Crippen LogP contribution in [0.15, 0.2) is 36.4 Å². The van der Waals surface area contributed by atoms with Gasteiger partial charge in [0.25, 0.3) is 5.91 Å². The molecule has 3 aliphatic heterocycles. The molecule has 1 unspecified atom stereocenters. The first-order valence-corrected chi connectivity index (χ1v) is 12.4. The first-order valence-electron chi connectivity index (χ1n) is 12.4. The number of piperidine rings is 1. The zero-order chi connectivity index (χ0) is 23.7. The van der Waals surface area contributed by atoms with Crippen LogP contribution >= 0.6 is 0 Å². The molecule has 182 valence electrons. The number of carbonyl (C=O) groups excluding carboxylic acids is 3. The fourth-order valence-electron chi connectivity index (χ4n) is 5.83. The Morgan fingerprint density at radius 1 is 0.941 bits per heavy atom. The van der Waals surface area contributed by atoms with Gasteiger partial charge in [0.2, 0.25) is 0 Å². The summed E-state index contributed by atoms with van der Waals surface area (Å²) in [5.41, 5.74) is 0.747. The lowest BCUT2D eigenvalue weighted by Crippen LogP contribution is -2.52. The molecule has 0 radical (unpaired) electrons. The van der Waals surface area contributed by atoms with E-state index in [1.165, 1.54) is 24.2 Å². The molecule has 3 heterocycles. The minimum atomic E-state index is -1.88. The van der Waals surface area contributed by atoms with E-state index in [0.717, 1.165) is 50.9 Å². The van der Waals surface area contributed by atoms with Crippen LogP contribution < -0.4 is 0 Å². The number of aliphatic hydroxyl groups excluding tert-OH is 1. The molecular weight excluding hydrogens is 436 g/mol. The Hall–Kier alpha value is -2.71. The number of rotatable bonds is 5. The summed E-state index contributed by atoms with van der Waals surface area (Å²) in [6.45, 7) is 2.67. The molecule has 4 aliphatic rings. The average Bonchev–Trinajstić information content (AvgIpc) is 2.96. The summed E-state index contributed by atoms with van der Waals surface area (Å²) in [6.07, 6.45) is 9.37. The van der Waals surface area contributed by atoms with Crippen LogP contribution in [0.5, 0.6) is 0 Å². The van der Waals surface area contributed by atoms with Gasteiger partial charge in [-0.15, -0.1) is 0 Å². The third-order valence-electron chi connectivity index (χ3n) is 7.72. The van der Waals surface area contributed by atoms with Crippen LogP contribution in [0.2, 0.25) is 0 Å². The number of aliphatic hydroxyl groups is 1. The van der Waals surface area contributed by atoms with Gasteiger partial charge >= 0.3 is 17.8 Å². The molecule has 34 heavy (non-hydrogen) atoms. The van der Waals surface area contributed by atoms with Crippen molar-refractivity contribution in [2.45, 2.75) is 57.0 Å². The topological polar surface area (TPSA) is 96.4 Å². The van der Waals surface area contributed by atoms with Crippen LogP contribution in [0.1, 0.15) is 60.9 Å². The summed E-state index contributed by atoms with van der Waals surface area (Å²) >= 11 is 0. The molecular formula is C26H32N2O6. The van der Waals surface area contributed by atoms with E-state index in [1.807, 2.05) is 0 Å². The molecule has 8 heteroatoms. The summed E-state index contributed by atoms with van der Waals surface area (Å²) < 4.78 is 11.2. The van der Waals surface area contributed by atoms with E-state index in [4.69, 9.17) is 9.47 Å². The number of fused-ring (bicyclic) bond motifs is 2. The lowest BCUT2D eigenvalue weighted by Gasteiger charge is -2.40. The van der Waals surface area contributed by atoms with Gasteiger partial charge in [0.05, 0.1) is 17.2 Å². The van der Waals surface area contributed by atoms with Crippen LogP contribution in [0, 0.1) is 11.8 Å². The first-order chi connectivity index (χ1) is 16.5. The van der Waals surface area contributed by atoms with Crippen molar-refractivity contribution in [1.82, 2.24) is 9.80 Å². The van der Waals surface area contributed by atoms with Crippen LogP contribution in [-0.4, -0.2) is 65.0 Å². The Bertz CT molecular complexity index is 957. The van der Waals surface area contributed by atoms with E-state index >= 15 is 0 Å². The molecule has 1 amide bonds. The van der Waals surface area contributed by atoms with Gasteiger partial charge in [-0.05, 0) is 62.7 Å². The molecule has 0 bridgehead atoms. The minimum absolute atomic E-state index is 0.159. The SMILES string of the molecule is O=C1C=CC(=O)OC2(O1)c1ccccc1C(=O)N2CC1CCN(CC(O)C2CCCCC2)CC1. The van der Waals surface area contributed by atoms with Gasteiger partial charge in [0.1, 0.15) is 0 Å². The lowest BCUT2D eigenvalue weighted by atomic mass is 9.85. The van der Waals surface area contributed by atoms with Crippen molar-refractivity contribution in [1.29, 1.82) is 0 Å². The van der Waals surface area contributed by atoms with E-state index in [9.17, 15) is 19.5 Å². The predicted octanol–water partition coefficient (Wildman–Crippen LogP) is 2.56. The largest absolute Gasteiger partial charge is 0.396 e. The van der Waals surface area contributed by atoms with Gasteiger partial charge in [0.15, 0.2) is 0 Å². The van der Waals surface area contributed by atoms with E-state index in [2.05, 4.69) is 4.90 Å². The molecule has 1 aliphatic carbocycles. The van der Waals surface area contributed by atoms with E-state index in [1.54, 1.807) is 24.3 Å². The Morgan fingerprint density at radius 2 is 1.59 bits per heavy atom. The molecule has 1 saturated carbocycles. The fraction of sp³-hybridized carbons (Fsp3) is 0.577. The number of benzene rings is 1. The molecule has 5 rings (SSSR count). The molecule has 0 aromatic heterocycles. The normalized spacial score (nSPS) is 24.6. The standard InChI is InChI=1S/C26H32N2O6/c29-22(19-6-2-1-3-7-19)17-27-14-12-18(13-15-27)16-28-25(32)20-8-4-5-9-21(20)26(28)33-23(30)10-11-24(31)34-26/h4-5,8-11,18-19,22,29H,1-3,6-7,12-17H2. The van der Waals surface area contributed by atoms with Crippen molar-refractivity contribution >= 4 is 17.8 Å². The predicted molar refractivity (Wildman–Crippen MR) is 122 cm³/mol. The van der Waals surface area contributed by atoms with Crippen LogP contribution in [0.3, 0.4) is 0 Å². The number of esters is 2. The Kier molecular flexibility index (Phi) is 6.44. The zero-order valence-corrected chi connectivity index (χ0v) is 19.4. The molecule has 1 aromatic carbocycles. The number of likely N-dealkylation sites (tertiary alicyclic amines) is 1. The van der Waals surface area contributed by atoms with Crippen LogP contribution in [0.25, 0.3) is 0 Å². The maximum absolute atomic E-state index is 13.3. The van der Waals surface area contributed by atoms with E-state index in [0.29, 0.717) is 30.1 Å². The highest BCUT2D eigenvalue weighted by molar-refractivity contribution is 6.01. The van der Waals surface area contributed by atoms with E-state index < -0.39 is 17.8 Å². The Balaban J connectivity index is 1.27. The highest BCUT2D eigenvalue weighted by Crippen LogP contribution is 2.43. The number of carbonyl (C=O) groups is 3. The van der Waals surface area contributed by atoms with E-state index in [-0.39, 0.29) is 17.9 Å². The number of ether oxygens (including phenoxy) is 2. The van der Waals surface area contributed by atoms with Crippen LogP contribution in [0.4, 0.5) is 0 Å². The second kappa shape index (κ2) is 9.50. The van der Waals surface area contributed by atoms with Gasteiger partial charge in [-0.3, -0.25) is 9.69 Å². The summed E-state index contributed by atoms with van der Waals surface area (Å²) in [7, 11) is 0. The number of hydrogen-bond donors (Lipinski definition) is 1. The molecule has 1 spiro atoms. The third-order valence-corrected chi connectivity index (χ3v) is 7.72. The molecule has 1 atom stereocenters. The maximum Gasteiger partial charge on any atom is 0.375 e. The van der Waals surface area contributed by atoms with Gasteiger partial charge in [-0.25, -0.2) is 9.59 Å². The second-order valence-corrected chi connectivity index (χ2v) is 9.93. The summed E-state index contributed by atoms with van der Waals surface area (Å²) in [5.74, 6) is -3.08. The average molecular weight is 469 g/mol. The smallest absolute Gasteiger partial charge is 0.375 e. The quantitative estimate of drug-likeness (QED) is 0.664. The lowest BCUT2D eigenvalue weighted by molar-refractivity contribution is -0.275.